The van der Waals surface area contributed by atoms with E-state index in [9.17, 15) is 4.79 Å². The van der Waals surface area contributed by atoms with E-state index in [1.54, 1.807) is 23.3 Å². The van der Waals surface area contributed by atoms with Crippen LogP contribution in [-0.4, -0.2) is 54.7 Å². The molecule has 2 atom stereocenters. The van der Waals surface area contributed by atoms with Crippen LogP contribution in [0, 0.1) is 23.2 Å². The van der Waals surface area contributed by atoms with Crippen molar-refractivity contribution in [3.05, 3.63) is 48.0 Å². The van der Waals surface area contributed by atoms with E-state index in [1.165, 1.54) is 0 Å². The van der Waals surface area contributed by atoms with Crippen LogP contribution in [0.15, 0.2) is 43.0 Å². The number of anilines is 3. The van der Waals surface area contributed by atoms with Crippen molar-refractivity contribution in [2.24, 2.45) is 11.8 Å². The Hall–Kier alpha value is -3.71. The van der Waals surface area contributed by atoms with Crippen LogP contribution < -0.4 is 10.6 Å². The summed E-state index contributed by atoms with van der Waals surface area (Å²) in [4.78, 5) is 26.9. The van der Waals surface area contributed by atoms with E-state index in [-0.39, 0.29) is 18.4 Å². The molecule has 3 aromatic rings. The lowest BCUT2D eigenvalue weighted by Gasteiger charge is -2.20. The minimum atomic E-state index is -0.0719. The molecule has 11 heteroatoms. The largest absolute Gasteiger partial charge is 0.366 e. The average molecular weight is 464 g/mol. The number of pyridine rings is 1. The van der Waals surface area contributed by atoms with E-state index < -0.39 is 0 Å². The third-order valence-corrected chi connectivity index (χ3v) is 6.42. The summed E-state index contributed by atoms with van der Waals surface area (Å²) >= 11 is 6.36. The van der Waals surface area contributed by atoms with Gasteiger partial charge in [-0.15, -0.1) is 0 Å². The van der Waals surface area contributed by atoms with E-state index in [2.05, 4.69) is 30.7 Å². The van der Waals surface area contributed by atoms with Gasteiger partial charge in [-0.3, -0.25) is 4.79 Å². The van der Waals surface area contributed by atoms with Crippen LogP contribution in [0.1, 0.15) is 19.3 Å². The fraction of sp³-hybridized carbons (Fsp3) is 0.364. The number of likely N-dealkylation sites (tertiary alicyclic amines) is 1. The first-order valence-electron chi connectivity index (χ1n) is 10.8. The predicted molar refractivity (Wildman–Crippen MR) is 122 cm³/mol. The summed E-state index contributed by atoms with van der Waals surface area (Å²) in [5.74, 6) is 2.49. The molecule has 1 amide bonds. The Bertz CT molecular complexity index is 1180. The van der Waals surface area contributed by atoms with Crippen molar-refractivity contribution < 1.29 is 4.79 Å². The molecular weight excluding hydrogens is 442 g/mol. The van der Waals surface area contributed by atoms with Gasteiger partial charge in [-0.05, 0) is 36.8 Å². The summed E-state index contributed by atoms with van der Waals surface area (Å²) in [6.07, 6.45) is 8.59. The van der Waals surface area contributed by atoms with Crippen molar-refractivity contribution in [3.63, 3.8) is 0 Å². The SMILES string of the molecule is N#CCC(=O)N1CC2CC(Nc3nc(Nc4cnn(-c5ccccn5)c4)ncc3Cl)CC2C1. The maximum absolute atomic E-state index is 12.0. The van der Waals surface area contributed by atoms with Gasteiger partial charge in [-0.25, -0.2) is 14.6 Å². The Morgan fingerprint density at radius 3 is 2.76 bits per heavy atom. The van der Waals surface area contributed by atoms with E-state index in [0.29, 0.717) is 47.5 Å². The van der Waals surface area contributed by atoms with Gasteiger partial charge in [-0.1, -0.05) is 17.7 Å². The number of fused-ring (bicyclic) bond motifs is 1. The van der Waals surface area contributed by atoms with Crippen molar-refractivity contribution in [3.8, 4) is 11.9 Å². The Morgan fingerprint density at radius 2 is 2.03 bits per heavy atom. The number of hydrogen-bond donors (Lipinski definition) is 2. The fourth-order valence-electron chi connectivity index (χ4n) is 4.65. The Labute approximate surface area is 195 Å². The Kier molecular flexibility index (Phi) is 5.79. The van der Waals surface area contributed by atoms with Gasteiger partial charge in [0, 0.05) is 25.3 Å². The standard InChI is InChI=1S/C22H22ClN9O/c23-18-10-26-22(29-17-9-27-32(13-17)19-3-1-2-6-25-19)30-21(18)28-16-7-14-11-31(12-15(14)8-16)20(33)4-5-24/h1-3,6,9-10,13-16H,4,7-8,11-12H2,(H2,26,28,29,30). The van der Waals surface area contributed by atoms with E-state index >= 15 is 0 Å². The highest BCUT2D eigenvalue weighted by Crippen LogP contribution is 2.40. The zero-order valence-corrected chi connectivity index (χ0v) is 18.5. The molecule has 10 nitrogen and oxygen atoms in total. The summed E-state index contributed by atoms with van der Waals surface area (Å²) in [5.41, 5.74) is 0.728. The minimum Gasteiger partial charge on any atom is -0.366 e. The third-order valence-electron chi connectivity index (χ3n) is 6.14. The lowest BCUT2D eigenvalue weighted by Crippen LogP contribution is -2.30. The second-order valence-corrected chi connectivity index (χ2v) is 8.75. The van der Waals surface area contributed by atoms with Gasteiger partial charge in [0.15, 0.2) is 11.6 Å². The summed E-state index contributed by atoms with van der Waals surface area (Å²) < 4.78 is 1.67. The maximum atomic E-state index is 12.0. The average Bonchev–Trinajstić information content (AvgIpc) is 3.52. The van der Waals surface area contributed by atoms with Gasteiger partial charge in [0.1, 0.15) is 11.4 Å². The number of carbonyl (C=O) groups is 1. The first kappa shape index (κ1) is 21.2. The van der Waals surface area contributed by atoms with Gasteiger partial charge in [0.25, 0.3) is 0 Å². The summed E-state index contributed by atoms with van der Waals surface area (Å²) in [7, 11) is 0. The monoisotopic (exact) mass is 463 g/mol. The lowest BCUT2D eigenvalue weighted by molar-refractivity contribution is -0.129. The molecule has 2 aliphatic rings. The van der Waals surface area contributed by atoms with Crippen LogP contribution in [0.4, 0.5) is 17.5 Å². The molecule has 1 saturated heterocycles. The van der Waals surface area contributed by atoms with Gasteiger partial charge in [-0.2, -0.15) is 15.3 Å². The predicted octanol–water partition coefficient (Wildman–Crippen LogP) is 3.02. The molecule has 4 heterocycles. The smallest absolute Gasteiger partial charge is 0.236 e. The highest BCUT2D eigenvalue weighted by atomic mass is 35.5. The zero-order chi connectivity index (χ0) is 22.8. The molecule has 2 unspecified atom stereocenters. The molecule has 1 aliphatic heterocycles. The van der Waals surface area contributed by atoms with Crippen molar-refractivity contribution in [2.75, 3.05) is 23.7 Å². The molecule has 2 fully saturated rings. The topological polar surface area (TPSA) is 125 Å². The number of nitrogens with zero attached hydrogens (tertiary/aromatic N) is 7. The molecule has 0 spiro atoms. The molecule has 0 aromatic carbocycles. The molecule has 3 aromatic heterocycles. The molecule has 0 bridgehead atoms. The number of aromatic nitrogens is 5. The van der Waals surface area contributed by atoms with Crippen molar-refractivity contribution in [1.29, 1.82) is 5.26 Å². The van der Waals surface area contributed by atoms with Crippen LogP contribution in [-0.2, 0) is 4.79 Å². The normalized spacial score (nSPS) is 21.5. The lowest BCUT2D eigenvalue weighted by atomic mass is 10.0. The van der Waals surface area contributed by atoms with Crippen LogP contribution >= 0.6 is 11.6 Å². The summed E-state index contributed by atoms with van der Waals surface area (Å²) in [6.45, 7) is 1.43. The van der Waals surface area contributed by atoms with Crippen LogP contribution in [0.3, 0.4) is 0 Å². The third kappa shape index (κ3) is 4.59. The fourth-order valence-corrected chi connectivity index (χ4v) is 4.80. The van der Waals surface area contributed by atoms with Crippen LogP contribution in [0.5, 0.6) is 0 Å². The van der Waals surface area contributed by atoms with E-state index in [0.717, 1.165) is 18.5 Å². The zero-order valence-electron chi connectivity index (χ0n) is 17.7. The Balaban J connectivity index is 1.21. The summed E-state index contributed by atoms with van der Waals surface area (Å²) in [6, 6.07) is 7.78. The molecule has 2 N–H and O–H groups in total. The number of nitriles is 1. The van der Waals surface area contributed by atoms with Crippen LogP contribution in [0.2, 0.25) is 5.02 Å². The second-order valence-electron chi connectivity index (χ2n) is 8.34. The number of amides is 1. The molecule has 0 radical (unpaired) electrons. The molecule has 33 heavy (non-hydrogen) atoms. The van der Waals surface area contributed by atoms with Gasteiger partial charge >= 0.3 is 0 Å². The number of hydrogen-bond acceptors (Lipinski definition) is 8. The highest BCUT2D eigenvalue weighted by molar-refractivity contribution is 6.32. The molecular formula is C22H22ClN9O. The van der Waals surface area contributed by atoms with Gasteiger partial charge in [0.2, 0.25) is 11.9 Å². The molecule has 1 saturated carbocycles. The van der Waals surface area contributed by atoms with Crippen molar-refractivity contribution >= 4 is 35.0 Å². The van der Waals surface area contributed by atoms with Crippen molar-refractivity contribution in [1.82, 2.24) is 29.6 Å². The van der Waals surface area contributed by atoms with E-state index in [4.69, 9.17) is 16.9 Å². The number of rotatable bonds is 6. The number of nitrogens with one attached hydrogen (secondary N) is 2. The van der Waals surface area contributed by atoms with E-state index in [1.807, 2.05) is 35.4 Å². The second kappa shape index (κ2) is 9.03. The highest BCUT2D eigenvalue weighted by Gasteiger charge is 2.42. The molecule has 5 rings (SSSR count). The van der Waals surface area contributed by atoms with Gasteiger partial charge in [0.05, 0.1) is 30.3 Å². The van der Waals surface area contributed by atoms with Crippen molar-refractivity contribution in [2.45, 2.75) is 25.3 Å². The quantitative estimate of drug-likeness (QED) is 0.571. The first-order chi connectivity index (χ1) is 16.1. The molecule has 168 valence electrons. The Morgan fingerprint density at radius 1 is 1.21 bits per heavy atom. The van der Waals surface area contributed by atoms with Gasteiger partial charge < -0.3 is 15.5 Å². The van der Waals surface area contributed by atoms with Crippen LogP contribution in [0.25, 0.3) is 5.82 Å². The number of halogens is 1. The number of carbonyl (C=O) groups excluding carboxylic acids is 1. The molecule has 1 aliphatic carbocycles. The summed E-state index contributed by atoms with van der Waals surface area (Å²) in [5, 5.41) is 20.1. The maximum Gasteiger partial charge on any atom is 0.236 e. The first-order valence-corrected chi connectivity index (χ1v) is 11.1. The minimum absolute atomic E-state index is 0.0474.